The summed E-state index contributed by atoms with van der Waals surface area (Å²) in [4.78, 5) is 4.60. The van der Waals surface area contributed by atoms with E-state index in [1.54, 1.807) is 11.8 Å². The van der Waals surface area contributed by atoms with Crippen LogP contribution in [-0.4, -0.2) is 19.6 Å². The number of benzene rings is 3. The van der Waals surface area contributed by atoms with Crippen molar-refractivity contribution in [2.75, 3.05) is 0 Å². The van der Waals surface area contributed by atoms with Gasteiger partial charge in [-0.15, -0.1) is 5.10 Å². The normalized spacial score (nSPS) is 15.8. The van der Waals surface area contributed by atoms with E-state index in [2.05, 4.69) is 53.7 Å². The molecule has 0 aliphatic carbocycles. The van der Waals surface area contributed by atoms with Crippen LogP contribution < -0.4 is 4.74 Å². The SMILES string of the molecule is Brc1cc2c(c(CSc3n[nH]c4nc5ccccc5n34)c1)O[C@H](c1ccccc1)OC2. The Kier molecular flexibility index (Phi) is 4.70. The molecule has 154 valence electrons. The van der Waals surface area contributed by atoms with Gasteiger partial charge in [0.2, 0.25) is 12.1 Å². The van der Waals surface area contributed by atoms with Crippen molar-refractivity contribution in [3.05, 3.63) is 87.9 Å². The van der Waals surface area contributed by atoms with E-state index in [9.17, 15) is 0 Å². The molecule has 31 heavy (non-hydrogen) atoms. The zero-order chi connectivity index (χ0) is 20.8. The fourth-order valence-electron chi connectivity index (χ4n) is 3.84. The molecule has 0 saturated heterocycles. The minimum Gasteiger partial charge on any atom is -0.460 e. The molecule has 6 rings (SSSR count). The first-order chi connectivity index (χ1) is 15.3. The van der Waals surface area contributed by atoms with Crippen molar-refractivity contribution in [1.82, 2.24) is 19.6 Å². The van der Waals surface area contributed by atoms with E-state index in [1.165, 1.54) is 0 Å². The molecule has 6 nitrogen and oxygen atoms in total. The molecule has 0 amide bonds. The second-order valence-electron chi connectivity index (χ2n) is 7.28. The number of aromatic amines is 1. The van der Waals surface area contributed by atoms with Crippen molar-refractivity contribution in [3.63, 3.8) is 0 Å². The van der Waals surface area contributed by atoms with Gasteiger partial charge in [0, 0.05) is 26.9 Å². The van der Waals surface area contributed by atoms with Gasteiger partial charge in [-0.2, -0.15) is 0 Å². The summed E-state index contributed by atoms with van der Waals surface area (Å²) in [6, 6.07) is 22.3. The molecule has 1 N–H and O–H groups in total. The number of halogens is 1. The fourth-order valence-corrected chi connectivity index (χ4v) is 5.32. The number of ether oxygens (including phenoxy) is 2. The standard InChI is InChI=1S/C23H17BrN4O2S/c24-17-10-15-12-29-21(14-6-2-1-3-7-14)30-20(15)16(11-17)13-31-23-27-26-22-25-18-8-4-5-9-19(18)28(22)23/h1-11,21H,12-13H2,(H,25,26)/t21-/m1/s1. The van der Waals surface area contributed by atoms with Crippen LogP contribution in [0.5, 0.6) is 5.75 Å². The topological polar surface area (TPSA) is 64.4 Å². The number of imidazole rings is 1. The molecule has 8 heteroatoms. The number of hydrogen-bond acceptors (Lipinski definition) is 5. The van der Waals surface area contributed by atoms with Gasteiger partial charge in [-0.05, 0) is 24.3 Å². The molecule has 0 unspecified atom stereocenters. The molecule has 5 aromatic rings. The van der Waals surface area contributed by atoms with Gasteiger partial charge in [0.15, 0.2) is 5.16 Å². The van der Waals surface area contributed by atoms with Crippen LogP contribution in [-0.2, 0) is 17.1 Å². The first-order valence-corrected chi connectivity index (χ1v) is 11.6. The molecule has 2 aromatic heterocycles. The second-order valence-corrected chi connectivity index (χ2v) is 9.14. The van der Waals surface area contributed by atoms with Crippen molar-refractivity contribution < 1.29 is 9.47 Å². The van der Waals surface area contributed by atoms with E-state index in [0.717, 1.165) is 48.9 Å². The molecule has 3 aromatic carbocycles. The summed E-state index contributed by atoms with van der Waals surface area (Å²) in [5, 5.41) is 8.38. The molecule has 0 fully saturated rings. The van der Waals surface area contributed by atoms with Crippen molar-refractivity contribution in [3.8, 4) is 5.75 Å². The van der Waals surface area contributed by atoms with Crippen LogP contribution in [0.1, 0.15) is 23.0 Å². The molecule has 1 aliphatic heterocycles. The number of thioether (sulfide) groups is 1. The highest BCUT2D eigenvalue weighted by Gasteiger charge is 2.25. The lowest BCUT2D eigenvalue weighted by atomic mass is 10.1. The first kappa shape index (κ1) is 18.9. The van der Waals surface area contributed by atoms with Gasteiger partial charge in [0.1, 0.15) is 5.75 Å². The predicted molar refractivity (Wildman–Crippen MR) is 123 cm³/mol. The Labute approximate surface area is 190 Å². The summed E-state index contributed by atoms with van der Waals surface area (Å²) in [5.74, 6) is 2.34. The Morgan fingerprint density at radius 2 is 1.94 bits per heavy atom. The van der Waals surface area contributed by atoms with Gasteiger partial charge in [0.05, 0.1) is 17.6 Å². The monoisotopic (exact) mass is 492 g/mol. The minimum absolute atomic E-state index is 0.409. The lowest BCUT2D eigenvalue weighted by Crippen LogP contribution is -2.19. The van der Waals surface area contributed by atoms with E-state index in [0.29, 0.717) is 12.4 Å². The maximum atomic E-state index is 6.31. The Hall–Kier alpha value is -2.81. The van der Waals surface area contributed by atoms with E-state index >= 15 is 0 Å². The van der Waals surface area contributed by atoms with Crippen LogP contribution >= 0.6 is 27.7 Å². The lowest BCUT2D eigenvalue weighted by molar-refractivity contribution is -0.111. The summed E-state index contributed by atoms with van der Waals surface area (Å²) in [7, 11) is 0. The van der Waals surface area contributed by atoms with E-state index in [-0.39, 0.29) is 0 Å². The number of para-hydroxylation sites is 2. The highest BCUT2D eigenvalue weighted by molar-refractivity contribution is 9.10. The number of nitrogens with one attached hydrogen (secondary N) is 1. The molecule has 0 radical (unpaired) electrons. The summed E-state index contributed by atoms with van der Waals surface area (Å²) in [5.41, 5.74) is 5.13. The predicted octanol–water partition coefficient (Wildman–Crippen LogP) is 5.87. The highest BCUT2D eigenvalue weighted by Crippen LogP contribution is 2.40. The third-order valence-corrected chi connectivity index (χ3v) is 6.70. The number of nitrogens with zero attached hydrogens (tertiary/aromatic N) is 3. The number of fused-ring (bicyclic) bond motifs is 4. The summed E-state index contributed by atoms with van der Waals surface area (Å²) in [6.07, 6.45) is -0.409. The Morgan fingerprint density at radius 1 is 1.10 bits per heavy atom. The largest absolute Gasteiger partial charge is 0.460 e. The average Bonchev–Trinajstić information content (AvgIpc) is 3.37. The number of aromatic nitrogens is 4. The molecule has 1 aliphatic rings. The van der Waals surface area contributed by atoms with Gasteiger partial charge in [-0.25, -0.2) is 10.1 Å². The van der Waals surface area contributed by atoms with Gasteiger partial charge in [0.25, 0.3) is 0 Å². The van der Waals surface area contributed by atoms with Crippen LogP contribution in [0.25, 0.3) is 16.8 Å². The molecule has 1 atom stereocenters. The molecule has 0 saturated carbocycles. The van der Waals surface area contributed by atoms with Gasteiger partial charge in [-0.1, -0.05) is 70.2 Å². The Balaban J connectivity index is 1.32. The molecular formula is C23H17BrN4O2S. The lowest BCUT2D eigenvalue weighted by Gasteiger charge is -2.28. The third kappa shape index (κ3) is 3.40. The maximum absolute atomic E-state index is 6.31. The third-order valence-electron chi connectivity index (χ3n) is 5.25. The highest BCUT2D eigenvalue weighted by atomic mass is 79.9. The van der Waals surface area contributed by atoms with Crippen molar-refractivity contribution in [2.45, 2.75) is 23.8 Å². The second kappa shape index (κ2) is 7.71. The fraction of sp³-hybridized carbons (Fsp3) is 0.130. The maximum Gasteiger partial charge on any atom is 0.231 e. The van der Waals surface area contributed by atoms with Crippen molar-refractivity contribution >= 4 is 44.5 Å². The van der Waals surface area contributed by atoms with E-state index in [4.69, 9.17) is 9.47 Å². The number of H-pyrrole nitrogens is 1. The van der Waals surface area contributed by atoms with Crippen LogP contribution in [0.4, 0.5) is 0 Å². The molecule has 3 heterocycles. The summed E-state index contributed by atoms with van der Waals surface area (Å²) in [6.45, 7) is 0.505. The summed E-state index contributed by atoms with van der Waals surface area (Å²) < 4.78 is 15.3. The molecule has 0 spiro atoms. The first-order valence-electron chi connectivity index (χ1n) is 9.85. The van der Waals surface area contributed by atoms with Gasteiger partial charge in [-0.3, -0.25) is 4.40 Å². The smallest absolute Gasteiger partial charge is 0.231 e. The Morgan fingerprint density at radius 3 is 2.84 bits per heavy atom. The molecular weight excluding hydrogens is 476 g/mol. The van der Waals surface area contributed by atoms with Crippen molar-refractivity contribution in [2.24, 2.45) is 0 Å². The number of hydrogen-bond donors (Lipinski definition) is 1. The van der Waals surface area contributed by atoms with Crippen molar-refractivity contribution in [1.29, 1.82) is 0 Å². The molecule has 0 bridgehead atoms. The van der Waals surface area contributed by atoms with Gasteiger partial charge < -0.3 is 9.47 Å². The van der Waals surface area contributed by atoms with Crippen LogP contribution in [0.2, 0.25) is 0 Å². The Bertz CT molecular complexity index is 1400. The van der Waals surface area contributed by atoms with E-state index < -0.39 is 6.29 Å². The van der Waals surface area contributed by atoms with Gasteiger partial charge >= 0.3 is 0 Å². The van der Waals surface area contributed by atoms with Crippen LogP contribution in [0.15, 0.2) is 76.4 Å². The zero-order valence-electron chi connectivity index (χ0n) is 16.3. The number of rotatable bonds is 4. The minimum atomic E-state index is -0.409. The summed E-state index contributed by atoms with van der Waals surface area (Å²) >= 11 is 5.28. The average molecular weight is 493 g/mol. The van der Waals surface area contributed by atoms with Crippen LogP contribution in [0.3, 0.4) is 0 Å². The van der Waals surface area contributed by atoms with Crippen LogP contribution in [0, 0.1) is 0 Å². The quantitative estimate of drug-likeness (QED) is 0.317. The zero-order valence-corrected chi connectivity index (χ0v) is 18.7. The van der Waals surface area contributed by atoms with E-state index in [1.807, 2.05) is 48.5 Å².